The van der Waals surface area contributed by atoms with Crippen molar-refractivity contribution < 1.29 is 14.4 Å². The molecular weight excluding hydrogens is 270 g/mol. The van der Waals surface area contributed by atoms with Crippen LogP contribution in [0.15, 0.2) is 35.0 Å². The standard InChI is InChI=1S/C15H17N3O3/c1-10-6-14(21-17-10)15(20)18-7-11(9-19)12(8-18)13-4-2-3-5-16-13/h2-6,11-12,19H,7-9H2,1H3/t11-,12+/m0/s1. The Labute approximate surface area is 122 Å². The molecule has 3 heterocycles. The summed E-state index contributed by atoms with van der Waals surface area (Å²) in [5, 5.41) is 13.3. The van der Waals surface area contributed by atoms with Crippen LogP contribution in [0, 0.1) is 12.8 Å². The number of aromatic nitrogens is 2. The van der Waals surface area contributed by atoms with Gasteiger partial charge in [0.05, 0.1) is 5.69 Å². The van der Waals surface area contributed by atoms with Crippen LogP contribution in [0.3, 0.4) is 0 Å². The highest BCUT2D eigenvalue weighted by molar-refractivity contribution is 5.91. The number of aliphatic hydroxyl groups excluding tert-OH is 1. The van der Waals surface area contributed by atoms with Crippen molar-refractivity contribution in [2.75, 3.05) is 19.7 Å². The summed E-state index contributed by atoms with van der Waals surface area (Å²) in [4.78, 5) is 18.4. The number of hydrogen-bond acceptors (Lipinski definition) is 5. The maximum atomic E-state index is 12.4. The topological polar surface area (TPSA) is 79.5 Å². The molecule has 21 heavy (non-hydrogen) atoms. The average Bonchev–Trinajstić information content (AvgIpc) is 3.13. The Bertz CT molecular complexity index is 626. The fraction of sp³-hybridized carbons (Fsp3) is 0.400. The van der Waals surface area contributed by atoms with Crippen LogP contribution in [-0.2, 0) is 0 Å². The van der Waals surface area contributed by atoms with Crippen molar-refractivity contribution in [2.24, 2.45) is 5.92 Å². The number of carbonyl (C=O) groups excluding carboxylic acids is 1. The zero-order valence-electron chi connectivity index (χ0n) is 11.8. The lowest BCUT2D eigenvalue weighted by Gasteiger charge is -2.14. The second-order valence-electron chi connectivity index (χ2n) is 5.35. The second kappa shape index (κ2) is 5.65. The van der Waals surface area contributed by atoms with E-state index < -0.39 is 0 Å². The molecule has 0 aliphatic carbocycles. The van der Waals surface area contributed by atoms with Crippen molar-refractivity contribution in [3.05, 3.63) is 47.6 Å². The van der Waals surface area contributed by atoms with Crippen molar-refractivity contribution in [1.29, 1.82) is 0 Å². The summed E-state index contributed by atoms with van der Waals surface area (Å²) in [6, 6.07) is 7.33. The van der Waals surface area contributed by atoms with E-state index in [9.17, 15) is 9.90 Å². The van der Waals surface area contributed by atoms with E-state index in [-0.39, 0.29) is 30.1 Å². The maximum Gasteiger partial charge on any atom is 0.292 e. The fourth-order valence-electron chi connectivity index (χ4n) is 2.77. The Hall–Kier alpha value is -2.21. The van der Waals surface area contributed by atoms with E-state index in [2.05, 4.69) is 10.1 Å². The first-order valence-electron chi connectivity index (χ1n) is 6.93. The van der Waals surface area contributed by atoms with Gasteiger partial charge in [-0.25, -0.2) is 0 Å². The molecule has 3 rings (SSSR count). The number of carbonyl (C=O) groups is 1. The molecule has 1 fully saturated rings. The van der Waals surface area contributed by atoms with E-state index in [4.69, 9.17) is 4.52 Å². The molecule has 6 heteroatoms. The first-order chi connectivity index (χ1) is 10.2. The molecule has 110 valence electrons. The second-order valence-corrected chi connectivity index (χ2v) is 5.35. The van der Waals surface area contributed by atoms with E-state index in [1.807, 2.05) is 18.2 Å². The zero-order valence-corrected chi connectivity index (χ0v) is 11.8. The van der Waals surface area contributed by atoms with Gasteiger partial charge in [-0.2, -0.15) is 0 Å². The lowest BCUT2D eigenvalue weighted by Crippen LogP contribution is -2.29. The molecular formula is C15H17N3O3. The van der Waals surface area contributed by atoms with Gasteiger partial charge < -0.3 is 14.5 Å². The van der Waals surface area contributed by atoms with Gasteiger partial charge in [0.2, 0.25) is 5.76 Å². The van der Waals surface area contributed by atoms with Crippen LogP contribution in [0.1, 0.15) is 27.9 Å². The minimum absolute atomic E-state index is 0.00660. The number of aryl methyl sites for hydroxylation is 1. The van der Waals surface area contributed by atoms with Crippen molar-refractivity contribution in [2.45, 2.75) is 12.8 Å². The monoisotopic (exact) mass is 287 g/mol. The zero-order chi connectivity index (χ0) is 14.8. The predicted molar refractivity (Wildman–Crippen MR) is 74.7 cm³/mol. The molecule has 0 saturated carbocycles. The largest absolute Gasteiger partial charge is 0.396 e. The Kier molecular flexibility index (Phi) is 3.70. The highest BCUT2D eigenvalue weighted by Gasteiger charge is 2.37. The van der Waals surface area contributed by atoms with Gasteiger partial charge in [-0.15, -0.1) is 0 Å². The molecule has 0 spiro atoms. The van der Waals surface area contributed by atoms with E-state index >= 15 is 0 Å². The van der Waals surface area contributed by atoms with Crippen LogP contribution in [0.5, 0.6) is 0 Å². The summed E-state index contributed by atoms with van der Waals surface area (Å²) in [5.74, 6) is 0.0929. The van der Waals surface area contributed by atoms with Gasteiger partial charge in [-0.05, 0) is 19.1 Å². The molecule has 2 atom stereocenters. The lowest BCUT2D eigenvalue weighted by molar-refractivity contribution is 0.0740. The molecule has 6 nitrogen and oxygen atoms in total. The highest BCUT2D eigenvalue weighted by atomic mass is 16.5. The molecule has 0 aromatic carbocycles. The molecule has 0 radical (unpaired) electrons. The summed E-state index contributed by atoms with van der Waals surface area (Å²) >= 11 is 0. The van der Waals surface area contributed by atoms with Gasteiger partial charge in [0.15, 0.2) is 0 Å². The van der Waals surface area contributed by atoms with Gasteiger partial charge >= 0.3 is 0 Å². The van der Waals surface area contributed by atoms with E-state index in [1.165, 1.54) is 0 Å². The average molecular weight is 287 g/mol. The summed E-state index contributed by atoms with van der Waals surface area (Å²) in [7, 11) is 0. The minimum Gasteiger partial charge on any atom is -0.396 e. The Balaban J connectivity index is 1.79. The molecule has 2 aromatic rings. The molecule has 1 aliphatic rings. The molecule has 1 saturated heterocycles. The first-order valence-corrected chi connectivity index (χ1v) is 6.93. The third kappa shape index (κ3) is 2.67. The van der Waals surface area contributed by atoms with Crippen molar-refractivity contribution in [1.82, 2.24) is 15.0 Å². The third-order valence-electron chi connectivity index (χ3n) is 3.87. The molecule has 0 unspecified atom stereocenters. The summed E-state index contributed by atoms with van der Waals surface area (Å²) < 4.78 is 5.03. The van der Waals surface area contributed by atoms with Crippen LogP contribution in [0.2, 0.25) is 0 Å². The minimum atomic E-state index is -0.188. The van der Waals surface area contributed by atoms with Gasteiger partial charge in [-0.3, -0.25) is 9.78 Å². The quantitative estimate of drug-likeness (QED) is 0.918. The number of nitrogens with zero attached hydrogens (tertiary/aromatic N) is 3. The summed E-state index contributed by atoms with van der Waals surface area (Å²) in [6.07, 6.45) is 1.73. The van der Waals surface area contributed by atoms with Crippen LogP contribution >= 0.6 is 0 Å². The SMILES string of the molecule is Cc1cc(C(=O)N2C[C@@H](CO)[C@H](c3ccccn3)C2)on1. The van der Waals surface area contributed by atoms with Gasteiger partial charge in [0, 0.05) is 49.5 Å². The fourth-order valence-corrected chi connectivity index (χ4v) is 2.77. The van der Waals surface area contributed by atoms with Crippen LogP contribution in [0.25, 0.3) is 0 Å². The Morgan fingerprint density at radius 2 is 2.33 bits per heavy atom. The number of aliphatic hydroxyl groups is 1. The first kappa shape index (κ1) is 13.8. The molecule has 1 amide bonds. The Morgan fingerprint density at radius 3 is 2.95 bits per heavy atom. The van der Waals surface area contributed by atoms with E-state index in [0.717, 1.165) is 5.69 Å². The molecule has 1 aliphatic heterocycles. The van der Waals surface area contributed by atoms with Crippen molar-refractivity contribution in [3.8, 4) is 0 Å². The van der Waals surface area contributed by atoms with E-state index in [1.54, 1.807) is 24.1 Å². The van der Waals surface area contributed by atoms with Gasteiger partial charge in [-0.1, -0.05) is 11.2 Å². The number of amides is 1. The number of hydrogen-bond donors (Lipinski definition) is 1. The normalized spacial score (nSPS) is 21.7. The Morgan fingerprint density at radius 1 is 1.48 bits per heavy atom. The van der Waals surface area contributed by atoms with Gasteiger partial charge in [0.1, 0.15) is 0 Å². The number of likely N-dealkylation sites (tertiary alicyclic amines) is 1. The summed E-state index contributed by atoms with van der Waals surface area (Å²) in [5.41, 5.74) is 1.58. The molecule has 1 N–H and O–H groups in total. The third-order valence-corrected chi connectivity index (χ3v) is 3.87. The van der Waals surface area contributed by atoms with Gasteiger partial charge in [0.25, 0.3) is 5.91 Å². The van der Waals surface area contributed by atoms with Crippen LogP contribution in [-0.4, -0.2) is 45.8 Å². The maximum absolute atomic E-state index is 12.4. The van der Waals surface area contributed by atoms with E-state index in [0.29, 0.717) is 18.8 Å². The summed E-state index contributed by atoms with van der Waals surface area (Å²) in [6.45, 7) is 2.83. The highest BCUT2D eigenvalue weighted by Crippen LogP contribution is 2.32. The van der Waals surface area contributed by atoms with Crippen molar-refractivity contribution >= 4 is 5.91 Å². The molecule has 0 bridgehead atoms. The smallest absolute Gasteiger partial charge is 0.292 e. The van der Waals surface area contributed by atoms with Crippen LogP contribution in [0.4, 0.5) is 0 Å². The lowest BCUT2D eigenvalue weighted by atomic mass is 9.93. The predicted octanol–water partition coefficient (Wildman–Crippen LogP) is 1.23. The number of pyridine rings is 1. The van der Waals surface area contributed by atoms with Crippen LogP contribution < -0.4 is 0 Å². The molecule has 2 aromatic heterocycles. The number of rotatable bonds is 3. The van der Waals surface area contributed by atoms with Crippen molar-refractivity contribution in [3.63, 3.8) is 0 Å².